The van der Waals surface area contributed by atoms with Gasteiger partial charge in [0.05, 0.1) is 6.54 Å². The summed E-state index contributed by atoms with van der Waals surface area (Å²) in [5, 5.41) is 4.82. The van der Waals surface area contributed by atoms with Crippen molar-refractivity contribution >= 4 is 11.9 Å². The maximum Gasteiger partial charge on any atom is 0.315 e. The molecule has 0 heterocycles. The van der Waals surface area contributed by atoms with Gasteiger partial charge in [-0.2, -0.15) is 0 Å². The lowest BCUT2D eigenvalue weighted by Gasteiger charge is -2.03. The summed E-state index contributed by atoms with van der Waals surface area (Å²) in [7, 11) is 0. The number of carbonyl (C=O) groups excluding carboxylic acids is 2. The highest BCUT2D eigenvalue weighted by molar-refractivity contribution is 5.82. The van der Waals surface area contributed by atoms with Crippen LogP contribution in [-0.4, -0.2) is 25.0 Å². The molecule has 0 aromatic carbocycles. The van der Waals surface area contributed by atoms with Crippen LogP contribution in [0.2, 0.25) is 0 Å². The van der Waals surface area contributed by atoms with Crippen LogP contribution >= 0.6 is 0 Å². The van der Waals surface area contributed by atoms with Gasteiger partial charge in [-0.05, 0) is 6.42 Å². The van der Waals surface area contributed by atoms with Gasteiger partial charge >= 0.3 is 6.03 Å². The SMILES string of the molecule is CCCNC(=O)NCC(N)=O. The zero-order valence-corrected chi connectivity index (χ0v) is 6.52. The minimum Gasteiger partial charge on any atom is -0.368 e. The second kappa shape index (κ2) is 5.52. The number of rotatable bonds is 4. The molecule has 64 valence electrons. The summed E-state index contributed by atoms with van der Waals surface area (Å²) in [4.78, 5) is 20.8. The number of amides is 3. The summed E-state index contributed by atoms with van der Waals surface area (Å²) in [6.07, 6.45) is 0.865. The first kappa shape index (κ1) is 9.74. The third kappa shape index (κ3) is 6.63. The molecule has 11 heavy (non-hydrogen) atoms. The van der Waals surface area contributed by atoms with Gasteiger partial charge in [-0.15, -0.1) is 0 Å². The maximum absolute atomic E-state index is 10.7. The summed E-state index contributed by atoms with van der Waals surface area (Å²) in [6, 6.07) is -0.356. The smallest absolute Gasteiger partial charge is 0.315 e. The van der Waals surface area contributed by atoms with Crippen molar-refractivity contribution in [2.24, 2.45) is 5.73 Å². The number of carbonyl (C=O) groups is 2. The molecule has 0 spiro atoms. The van der Waals surface area contributed by atoms with Crippen molar-refractivity contribution in [1.29, 1.82) is 0 Å². The fraction of sp³-hybridized carbons (Fsp3) is 0.667. The van der Waals surface area contributed by atoms with Crippen LogP contribution in [0.25, 0.3) is 0 Å². The van der Waals surface area contributed by atoms with E-state index >= 15 is 0 Å². The average Bonchev–Trinajstić information content (AvgIpc) is 1.97. The quantitative estimate of drug-likeness (QED) is 0.500. The lowest BCUT2D eigenvalue weighted by atomic mass is 10.5. The minimum atomic E-state index is -0.545. The summed E-state index contributed by atoms with van der Waals surface area (Å²) in [5.74, 6) is -0.545. The van der Waals surface area contributed by atoms with Gasteiger partial charge in [-0.1, -0.05) is 6.92 Å². The lowest BCUT2D eigenvalue weighted by Crippen LogP contribution is -2.40. The summed E-state index contributed by atoms with van der Waals surface area (Å²) in [6.45, 7) is 2.43. The van der Waals surface area contributed by atoms with Crippen molar-refractivity contribution in [3.63, 3.8) is 0 Å². The Hall–Kier alpha value is -1.26. The molecule has 0 aliphatic rings. The fourth-order valence-electron chi connectivity index (χ4n) is 0.468. The van der Waals surface area contributed by atoms with Crippen LogP contribution in [0.4, 0.5) is 4.79 Å². The molecule has 0 saturated heterocycles. The van der Waals surface area contributed by atoms with Crippen LogP contribution < -0.4 is 16.4 Å². The number of nitrogens with two attached hydrogens (primary N) is 1. The van der Waals surface area contributed by atoms with Crippen LogP contribution in [0, 0.1) is 0 Å². The Morgan fingerprint density at radius 3 is 2.45 bits per heavy atom. The van der Waals surface area contributed by atoms with Gasteiger partial charge in [-0.25, -0.2) is 4.79 Å². The first-order valence-electron chi connectivity index (χ1n) is 3.46. The monoisotopic (exact) mass is 159 g/mol. The third-order valence-electron chi connectivity index (χ3n) is 0.959. The van der Waals surface area contributed by atoms with Crippen molar-refractivity contribution in [2.75, 3.05) is 13.1 Å². The van der Waals surface area contributed by atoms with E-state index in [1.807, 2.05) is 6.92 Å². The van der Waals surface area contributed by atoms with Gasteiger partial charge in [0.25, 0.3) is 0 Å². The molecule has 0 aromatic rings. The molecule has 0 aromatic heterocycles. The molecule has 0 rings (SSSR count). The van der Waals surface area contributed by atoms with E-state index in [1.54, 1.807) is 0 Å². The van der Waals surface area contributed by atoms with E-state index in [0.29, 0.717) is 6.54 Å². The van der Waals surface area contributed by atoms with Crippen molar-refractivity contribution in [3.8, 4) is 0 Å². The van der Waals surface area contributed by atoms with Gasteiger partial charge in [0, 0.05) is 6.54 Å². The number of primary amides is 1. The Balaban J connectivity index is 3.30. The maximum atomic E-state index is 10.7. The second-order valence-electron chi connectivity index (χ2n) is 2.08. The van der Waals surface area contributed by atoms with Gasteiger partial charge < -0.3 is 16.4 Å². The van der Waals surface area contributed by atoms with Crippen molar-refractivity contribution < 1.29 is 9.59 Å². The molecule has 0 fully saturated rings. The normalized spacial score (nSPS) is 8.82. The predicted molar refractivity (Wildman–Crippen MR) is 40.9 cm³/mol. The molecule has 0 radical (unpaired) electrons. The first-order chi connectivity index (χ1) is 5.16. The predicted octanol–water partition coefficient (Wildman–Crippen LogP) is -0.819. The first-order valence-corrected chi connectivity index (χ1v) is 3.46. The Bertz CT molecular complexity index is 147. The summed E-state index contributed by atoms with van der Waals surface area (Å²) < 4.78 is 0. The van der Waals surface area contributed by atoms with Crippen molar-refractivity contribution in [3.05, 3.63) is 0 Å². The molecule has 4 N–H and O–H groups in total. The van der Waals surface area contributed by atoms with Crippen LogP contribution in [0.5, 0.6) is 0 Å². The highest BCUT2D eigenvalue weighted by atomic mass is 16.2. The van der Waals surface area contributed by atoms with Crippen LogP contribution in [-0.2, 0) is 4.79 Å². The number of nitrogens with one attached hydrogen (secondary N) is 2. The van der Waals surface area contributed by atoms with E-state index < -0.39 is 5.91 Å². The van der Waals surface area contributed by atoms with Crippen molar-refractivity contribution in [2.45, 2.75) is 13.3 Å². The largest absolute Gasteiger partial charge is 0.368 e. The van der Waals surface area contributed by atoms with Gasteiger partial charge in [0.2, 0.25) is 5.91 Å². The molecule has 5 nitrogen and oxygen atoms in total. The number of hydrogen-bond donors (Lipinski definition) is 3. The molecule has 0 bridgehead atoms. The van der Waals surface area contributed by atoms with E-state index in [9.17, 15) is 9.59 Å². The zero-order valence-electron chi connectivity index (χ0n) is 6.52. The summed E-state index contributed by atoms with van der Waals surface area (Å²) >= 11 is 0. The van der Waals surface area contributed by atoms with Crippen LogP contribution in [0.15, 0.2) is 0 Å². The molecule has 0 unspecified atom stereocenters. The van der Waals surface area contributed by atoms with E-state index in [1.165, 1.54) is 0 Å². The molecule has 0 aliphatic carbocycles. The Morgan fingerprint density at radius 1 is 1.36 bits per heavy atom. The second-order valence-corrected chi connectivity index (χ2v) is 2.08. The Morgan fingerprint density at radius 2 is 2.00 bits per heavy atom. The molecule has 5 heteroatoms. The van der Waals surface area contributed by atoms with E-state index in [4.69, 9.17) is 5.73 Å². The Labute approximate surface area is 65.3 Å². The fourth-order valence-corrected chi connectivity index (χ4v) is 0.468. The highest BCUT2D eigenvalue weighted by Gasteiger charge is 1.98. The Kier molecular flexibility index (Phi) is 4.89. The van der Waals surface area contributed by atoms with Crippen LogP contribution in [0.1, 0.15) is 13.3 Å². The molecule has 3 amide bonds. The van der Waals surface area contributed by atoms with Gasteiger partial charge in [-0.3, -0.25) is 4.79 Å². The third-order valence-corrected chi connectivity index (χ3v) is 0.959. The molecular formula is C6H13N3O2. The summed E-state index contributed by atoms with van der Waals surface area (Å²) in [5.41, 5.74) is 4.79. The topological polar surface area (TPSA) is 84.2 Å². The highest BCUT2D eigenvalue weighted by Crippen LogP contribution is 1.70. The van der Waals surface area contributed by atoms with E-state index in [-0.39, 0.29) is 12.6 Å². The van der Waals surface area contributed by atoms with E-state index in [0.717, 1.165) is 6.42 Å². The molecule has 0 aliphatic heterocycles. The number of urea groups is 1. The molecule has 0 saturated carbocycles. The van der Waals surface area contributed by atoms with Gasteiger partial charge in [0.1, 0.15) is 0 Å². The average molecular weight is 159 g/mol. The minimum absolute atomic E-state index is 0.116. The van der Waals surface area contributed by atoms with Gasteiger partial charge in [0.15, 0.2) is 0 Å². The number of hydrogen-bond acceptors (Lipinski definition) is 2. The zero-order chi connectivity index (χ0) is 8.69. The standard InChI is InChI=1S/C6H13N3O2/c1-2-3-8-6(11)9-4-5(7)10/h2-4H2,1H3,(H2,7,10)(H2,8,9,11). The molecular weight excluding hydrogens is 146 g/mol. The van der Waals surface area contributed by atoms with Crippen LogP contribution in [0.3, 0.4) is 0 Å². The molecule has 0 atom stereocenters. The van der Waals surface area contributed by atoms with Crippen molar-refractivity contribution in [1.82, 2.24) is 10.6 Å². The van der Waals surface area contributed by atoms with E-state index in [2.05, 4.69) is 10.6 Å². The lowest BCUT2D eigenvalue weighted by molar-refractivity contribution is -0.117.